The molecule has 0 saturated carbocycles. The minimum atomic E-state index is 0.744. The molecular weight excluding hydrogens is 214 g/mol. The number of aromatic nitrogens is 3. The van der Waals surface area contributed by atoms with Crippen molar-refractivity contribution in [2.24, 2.45) is 7.05 Å². The van der Waals surface area contributed by atoms with Crippen molar-refractivity contribution < 1.29 is 0 Å². The Balaban J connectivity index is 1.99. The van der Waals surface area contributed by atoms with Crippen LogP contribution in [0.2, 0.25) is 0 Å². The molecule has 0 spiro atoms. The molecule has 2 aromatic heterocycles. The molecule has 5 heteroatoms. The third-order valence-corrected chi connectivity index (χ3v) is 2.52. The summed E-state index contributed by atoms with van der Waals surface area (Å²) in [5, 5.41) is 10.7. The molecule has 2 aromatic rings. The van der Waals surface area contributed by atoms with Crippen molar-refractivity contribution in [2.45, 2.75) is 13.5 Å². The van der Waals surface area contributed by atoms with Gasteiger partial charge in [0.1, 0.15) is 0 Å². The maximum absolute atomic E-state index is 4.18. The molecule has 0 aliphatic carbocycles. The number of rotatable bonds is 5. The third-order valence-electron chi connectivity index (χ3n) is 2.52. The van der Waals surface area contributed by atoms with Gasteiger partial charge in [0.2, 0.25) is 0 Å². The number of hydrogen-bond acceptors (Lipinski definition) is 4. The zero-order chi connectivity index (χ0) is 12.1. The first-order valence-corrected chi connectivity index (χ1v) is 5.69. The molecule has 0 amide bonds. The highest BCUT2D eigenvalue weighted by atomic mass is 15.3. The second-order valence-corrected chi connectivity index (χ2v) is 3.79. The topological polar surface area (TPSA) is 54.8 Å². The van der Waals surface area contributed by atoms with Gasteiger partial charge in [-0.15, -0.1) is 0 Å². The summed E-state index contributed by atoms with van der Waals surface area (Å²) in [5.74, 6) is 0. The molecule has 0 aliphatic heterocycles. The first-order chi connectivity index (χ1) is 8.29. The van der Waals surface area contributed by atoms with E-state index in [1.165, 1.54) is 0 Å². The number of nitrogens with one attached hydrogen (secondary N) is 2. The Bertz CT molecular complexity index is 477. The van der Waals surface area contributed by atoms with Gasteiger partial charge in [0.25, 0.3) is 0 Å². The van der Waals surface area contributed by atoms with Crippen LogP contribution in [0.5, 0.6) is 0 Å². The molecular formula is C12H17N5. The van der Waals surface area contributed by atoms with Gasteiger partial charge in [-0.05, 0) is 19.1 Å². The van der Waals surface area contributed by atoms with Gasteiger partial charge < -0.3 is 10.6 Å². The fraction of sp³-hybridized carbons (Fsp3) is 0.333. The predicted octanol–water partition coefficient (Wildman–Crippen LogP) is 1.86. The highest BCUT2D eigenvalue weighted by molar-refractivity contribution is 5.53. The summed E-state index contributed by atoms with van der Waals surface area (Å²) in [6.07, 6.45) is 5.43. The highest BCUT2D eigenvalue weighted by Gasteiger charge is 1.99. The van der Waals surface area contributed by atoms with Crippen LogP contribution in [0.25, 0.3) is 0 Å². The first-order valence-electron chi connectivity index (χ1n) is 5.69. The number of pyridine rings is 1. The van der Waals surface area contributed by atoms with Gasteiger partial charge in [0.15, 0.2) is 0 Å². The molecule has 0 radical (unpaired) electrons. The van der Waals surface area contributed by atoms with E-state index in [1.807, 2.05) is 36.3 Å². The average molecular weight is 231 g/mol. The van der Waals surface area contributed by atoms with Crippen molar-refractivity contribution in [2.75, 3.05) is 17.2 Å². The second kappa shape index (κ2) is 5.34. The maximum atomic E-state index is 4.18. The van der Waals surface area contributed by atoms with E-state index in [1.54, 1.807) is 6.20 Å². The van der Waals surface area contributed by atoms with Gasteiger partial charge in [0.05, 0.1) is 36.0 Å². The van der Waals surface area contributed by atoms with Crippen molar-refractivity contribution in [3.63, 3.8) is 0 Å². The molecule has 0 fully saturated rings. The summed E-state index contributed by atoms with van der Waals surface area (Å²) in [5.41, 5.74) is 3.17. The summed E-state index contributed by atoms with van der Waals surface area (Å²) < 4.78 is 1.86. The summed E-state index contributed by atoms with van der Waals surface area (Å²) in [4.78, 5) is 4.18. The Labute approximate surface area is 101 Å². The lowest BCUT2D eigenvalue weighted by Gasteiger charge is -2.08. The van der Waals surface area contributed by atoms with Gasteiger partial charge in [-0.3, -0.25) is 9.67 Å². The van der Waals surface area contributed by atoms with Crippen molar-refractivity contribution in [3.8, 4) is 0 Å². The minimum Gasteiger partial charge on any atom is -0.384 e. The van der Waals surface area contributed by atoms with Crippen LogP contribution in [0, 0.1) is 0 Å². The van der Waals surface area contributed by atoms with E-state index in [2.05, 4.69) is 27.6 Å². The smallest absolute Gasteiger partial charge is 0.0571 e. The van der Waals surface area contributed by atoms with Gasteiger partial charge in [0, 0.05) is 19.8 Å². The van der Waals surface area contributed by atoms with E-state index in [9.17, 15) is 0 Å². The molecule has 2 heterocycles. The number of hydrogen-bond donors (Lipinski definition) is 2. The Morgan fingerprint density at radius 2 is 2.00 bits per heavy atom. The van der Waals surface area contributed by atoms with Crippen LogP contribution >= 0.6 is 0 Å². The predicted molar refractivity (Wildman–Crippen MR) is 68.9 cm³/mol. The van der Waals surface area contributed by atoms with E-state index in [-0.39, 0.29) is 0 Å². The van der Waals surface area contributed by atoms with Crippen LogP contribution in [0.15, 0.2) is 30.7 Å². The molecule has 0 aromatic carbocycles. The minimum absolute atomic E-state index is 0.744. The van der Waals surface area contributed by atoms with E-state index in [4.69, 9.17) is 0 Å². The standard InChI is InChI=1S/C12H17N5/c1-3-14-10-6-11(8-13-7-10)15-9-12-4-5-16-17(12)2/h4-8,14-15H,3,9H2,1-2H3. The number of aryl methyl sites for hydroxylation is 1. The third kappa shape index (κ3) is 2.96. The number of nitrogens with zero attached hydrogens (tertiary/aromatic N) is 3. The van der Waals surface area contributed by atoms with E-state index in [0.29, 0.717) is 0 Å². The fourth-order valence-corrected chi connectivity index (χ4v) is 1.60. The molecule has 0 unspecified atom stereocenters. The molecule has 2 N–H and O–H groups in total. The molecule has 5 nitrogen and oxygen atoms in total. The van der Waals surface area contributed by atoms with Gasteiger partial charge >= 0.3 is 0 Å². The van der Waals surface area contributed by atoms with Crippen LogP contribution in [0.1, 0.15) is 12.6 Å². The van der Waals surface area contributed by atoms with Gasteiger partial charge in [-0.1, -0.05) is 0 Å². The summed E-state index contributed by atoms with van der Waals surface area (Å²) in [6.45, 7) is 3.70. The van der Waals surface area contributed by atoms with Crippen LogP contribution in [-0.4, -0.2) is 21.3 Å². The summed E-state index contributed by atoms with van der Waals surface area (Å²) >= 11 is 0. The van der Waals surface area contributed by atoms with E-state index in [0.717, 1.165) is 30.2 Å². The van der Waals surface area contributed by atoms with Crippen molar-refractivity contribution in [1.29, 1.82) is 0 Å². The lowest BCUT2D eigenvalue weighted by atomic mass is 10.3. The first kappa shape index (κ1) is 11.4. The largest absolute Gasteiger partial charge is 0.384 e. The van der Waals surface area contributed by atoms with E-state index < -0.39 is 0 Å². The van der Waals surface area contributed by atoms with Gasteiger partial charge in [-0.2, -0.15) is 5.10 Å². The Morgan fingerprint density at radius 1 is 1.24 bits per heavy atom. The molecule has 0 saturated heterocycles. The molecule has 0 atom stereocenters. The van der Waals surface area contributed by atoms with E-state index >= 15 is 0 Å². The molecule has 90 valence electrons. The maximum Gasteiger partial charge on any atom is 0.0571 e. The highest BCUT2D eigenvalue weighted by Crippen LogP contribution is 2.13. The monoisotopic (exact) mass is 231 g/mol. The van der Waals surface area contributed by atoms with Crippen molar-refractivity contribution in [1.82, 2.24) is 14.8 Å². The molecule has 0 aliphatic rings. The lowest BCUT2D eigenvalue weighted by molar-refractivity contribution is 0.720. The Kier molecular flexibility index (Phi) is 3.59. The van der Waals surface area contributed by atoms with Crippen LogP contribution in [0.4, 0.5) is 11.4 Å². The van der Waals surface area contributed by atoms with Crippen molar-refractivity contribution in [3.05, 3.63) is 36.4 Å². The summed E-state index contributed by atoms with van der Waals surface area (Å²) in [6, 6.07) is 4.04. The van der Waals surface area contributed by atoms with Gasteiger partial charge in [-0.25, -0.2) is 0 Å². The zero-order valence-corrected chi connectivity index (χ0v) is 10.1. The quantitative estimate of drug-likeness (QED) is 0.824. The second-order valence-electron chi connectivity index (χ2n) is 3.79. The van der Waals surface area contributed by atoms with Crippen LogP contribution in [0.3, 0.4) is 0 Å². The lowest BCUT2D eigenvalue weighted by Crippen LogP contribution is -2.06. The summed E-state index contributed by atoms with van der Waals surface area (Å²) in [7, 11) is 1.93. The van der Waals surface area contributed by atoms with Crippen molar-refractivity contribution >= 4 is 11.4 Å². The van der Waals surface area contributed by atoms with Crippen LogP contribution in [-0.2, 0) is 13.6 Å². The fourth-order valence-electron chi connectivity index (χ4n) is 1.60. The number of anilines is 2. The SMILES string of the molecule is CCNc1cncc(NCc2ccnn2C)c1. The normalized spacial score (nSPS) is 10.2. The Hall–Kier alpha value is -2.04. The Morgan fingerprint density at radius 3 is 2.65 bits per heavy atom. The average Bonchev–Trinajstić information content (AvgIpc) is 2.73. The van der Waals surface area contributed by atoms with Crippen LogP contribution < -0.4 is 10.6 Å². The molecule has 0 bridgehead atoms. The molecule has 17 heavy (non-hydrogen) atoms. The zero-order valence-electron chi connectivity index (χ0n) is 10.1. The molecule has 2 rings (SSSR count).